The Balaban J connectivity index is 2.06. The first-order chi connectivity index (χ1) is 11.3. The normalized spacial score (nSPS) is 15.5. The number of carbonyl (C=O) groups is 2. The van der Waals surface area contributed by atoms with E-state index in [1.165, 1.54) is 7.11 Å². The molecule has 1 saturated heterocycles. The molecule has 1 aromatic rings. The lowest BCUT2D eigenvalue weighted by Gasteiger charge is -2.33. The van der Waals surface area contributed by atoms with Gasteiger partial charge in [0.15, 0.2) is 5.75 Å². The highest BCUT2D eigenvalue weighted by Gasteiger charge is 2.28. The zero-order valence-electron chi connectivity index (χ0n) is 14.1. The lowest BCUT2D eigenvalue weighted by atomic mass is 10.0. The molecule has 24 heavy (non-hydrogen) atoms. The third kappa shape index (κ3) is 4.14. The minimum absolute atomic E-state index is 0.0410. The molecule has 0 spiro atoms. The molecule has 0 aliphatic carbocycles. The number of likely N-dealkylation sites (tertiary alicyclic amines) is 1. The van der Waals surface area contributed by atoms with Gasteiger partial charge in [0.1, 0.15) is 5.56 Å². The van der Waals surface area contributed by atoms with Gasteiger partial charge in [-0.15, -0.1) is 0 Å². The first-order valence-corrected chi connectivity index (χ1v) is 8.72. The van der Waals surface area contributed by atoms with E-state index in [4.69, 9.17) is 27.9 Å². The second kappa shape index (κ2) is 8.08. The van der Waals surface area contributed by atoms with Crippen LogP contribution in [0.1, 0.15) is 37.0 Å². The van der Waals surface area contributed by atoms with E-state index in [0.717, 1.165) is 0 Å². The minimum atomic E-state index is -0.201. The Labute approximate surface area is 152 Å². The molecule has 2 amide bonds. The molecule has 1 aliphatic rings. The van der Waals surface area contributed by atoms with E-state index in [1.807, 2.05) is 13.8 Å². The van der Waals surface area contributed by atoms with Crippen LogP contribution in [0.15, 0.2) is 12.1 Å². The van der Waals surface area contributed by atoms with E-state index in [2.05, 4.69) is 5.32 Å². The summed E-state index contributed by atoms with van der Waals surface area (Å²) in [6, 6.07) is 3.29. The van der Waals surface area contributed by atoms with Gasteiger partial charge in [-0.25, -0.2) is 0 Å². The zero-order valence-corrected chi connectivity index (χ0v) is 15.6. The summed E-state index contributed by atoms with van der Waals surface area (Å²) in [6.07, 6.45) is 1.43. The average Bonchev–Trinajstić information content (AvgIpc) is 2.56. The number of methoxy groups -OCH3 is 1. The van der Waals surface area contributed by atoms with Gasteiger partial charge in [0.25, 0.3) is 5.91 Å². The van der Waals surface area contributed by atoms with Crippen LogP contribution in [0.3, 0.4) is 0 Å². The molecule has 1 N–H and O–H groups in total. The van der Waals surface area contributed by atoms with Crippen LogP contribution in [0.5, 0.6) is 5.75 Å². The summed E-state index contributed by atoms with van der Waals surface area (Å²) in [5.74, 6) is 0.0934. The first kappa shape index (κ1) is 18.9. The number of hydrogen-bond acceptors (Lipinski definition) is 3. The highest BCUT2D eigenvalue weighted by molar-refractivity contribution is 6.37. The highest BCUT2D eigenvalue weighted by Crippen LogP contribution is 2.35. The fraction of sp³-hybridized carbons (Fsp3) is 0.529. The van der Waals surface area contributed by atoms with Gasteiger partial charge in [0.05, 0.1) is 17.2 Å². The summed E-state index contributed by atoms with van der Waals surface area (Å²) in [5.41, 5.74) is 0.288. The largest absolute Gasteiger partial charge is 0.494 e. The molecule has 1 aliphatic heterocycles. The van der Waals surface area contributed by atoms with Gasteiger partial charge in [0, 0.05) is 25.0 Å². The van der Waals surface area contributed by atoms with Gasteiger partial charge in [-0.3, -0.25) is 9.59 Å². The number of ether oxygens (including phenoxy) is 1. The molecule has 7 heteroatoms. The third-order valence-electron chi connectivity index (χ3n) is 4.13. The predicted octanol–water partition coefficient (Wildman–Crippen LogP) is 3.38. The number of amides is 2. The lowest BCUT2D eigenvalue weighted by molar-refractivity contribution is -0.124. The van der Waals surface area contributed by atoms with Gasteiger partial charge >= 0.3 is 0 Å². The molecule has 0 saturated carbocycles. The van der Waals surface area contributed by atoms with Crippen LogP contribution in [0.2, 0.25) is 10.0 Å². The Bertz CT molecular complexity index is 627. The predicted molar refractivity (Wildman–Crippen MR) is 94.9 cm³/mol. The molecule has 0 radical (unpaired) electrons. The monoisotopic (exact) mass is 372 g/mol. The Morgan fingerprint density at radius 1 is 1.21 bits per heavy atom. The molecule has 1 aromatic carbocycles. The standard InChI is InChI=1S/C17H22Cl2N2O3/c1-10(2)16(22)20-11-6-8-21(9-7-11)17(23)14-12(18)4-5-13(19)15(14)24-3/h4-5,10-11H,6-9H2,1-3H3,(H,20,22). The molecule has 132 valence electrons. The maximum Gasteiger partial charge on any atom is 0.259 e. The smallest absolute Gasteiger partial charge is 0.259 e. The number of nitrogens with zero attached hydrogens (tertiary/aromatic N) is 1. The van der Waals surface area contributed by atoms with E-state index in [-0.39, 0.29) is 29.3 Å². The molecule has 0 unspecified atom stereocenters. The first-order valence-electron chi connectivity index (χ1n) is 7.96. The summed E-state index contributed by atoms with van der Waals surface area (Å²) < 4.78 is 5.25. The number of carbonyl (C=O) groups excluding carboxylic acids is 2. The van der Waals surface area contributed by atoms with Crippen molar-refractivity contribution in [3.05, 3.63) is 27.7 Å². The van der Waals surface area contributed by atoms with Gasteiger partial charge in [-0.2, -0.15) is 0 Å². The molecule has 0 aromatic heterocycles. The number of benzene rings is 1. The Kier molecular flexibility index (Phi) is 6.35. The fourth-order valence-corrected chi connectivity index (χ4v) is 3.15. The average molecular weight is 373 g/mol. The summed E-state index contributed by atoms with van der Waals surface area (Å²) in [5, 5.41) is 3.68. The Hall–Kier alpha value is -1.46. The maximum absolute atomic E-state index is 12.8. The second-order valence-corrected chi connectivity index (χ2v) is 6.98. The van der Waals surface area contributed by atoms with E-state index in [1.54, 1.807) is 17.0 Å². The number of rotatable bonds is 4. The molecule has 0 bridgehead atoms. The van der Waals surface area contributed by atoms with Crippen molar-refractivity contribution in [2.75, 3.05) is 20.2 Å². The zero-order chi connectivity index (χ0) is 17.9. The summed E-state index contributed by atoms with van der Waals surface area (Å²) >= 11 is 12.3. The van der Waals surface area contributed by atoms with Gasteiger partial charge in [-0.05, 0) is 25.0 Å². The molecule has 0 atom stereocenters. The third-order valence-corrected chi connectivity index (χ3v) is 4.74. The fourth-order valence-electron chi connectivity index (χ4n) is 2.68. The van der Waals surface area contributed by atoms with Crippen LogP contribution in [-0.2, 0) is 4.79 Å². The van der Waals surface area contributed by atoms with Crippen molar-refractivity contribution in [1.82, 2.24) is 10.2 Å². The van der Waals surface area contributed by atoms with Crippen molar-refractivity contribution < 1.29 is 14.3 Å². The van der Waals surface area contributed by atoms with Crippen LogP contribution in [0.25, 0.3) is 0 Å². The van der Waals surface area contributed by atoms with Crippen molar-refractivity contribution >= 4 is 35.0 Å². The van der Waals surface area contributed by atoms with E-state index in [0.29, 0.717) is 41.7 Å². The van der Waals surface area contributed by atoms with Crippen molar-refractivity contribution in [3.8, 4) is 5.75 Å². The van der Waals surface area contributed by atoms with E-state index < -0.39 is 0 Å². The van der Waals surface area contributed by atoms with Gasteiger partial charge in [-0.1, -0.05) is 37.0 Å². The quantitative estimate of drug-likeness (QED) is 0.880. The SMILES string of the molecule is COc1c(Cl)ccc(Cl)c1C(=O)N1CCC(NC(=O)C(C)C)CC1. The summed E-state index contributed by atoms with van der Waals surface area (Å²) in [4.78, 5) is 26.3. The van der Waals surface area contributed by atoms with E-state index in [9.17, 15) is 9.59 Å². The van der Waals surface area contributed by atoms with Crippen molar-refractivity contribution in [2.24, 2.45) is 5.92 Å². The van der Waals surface area contributed by atoms with Crippen LogP contribution < -0.4 is 10.1 Å². The van der Waals surface area contributed by atoms with Crippen LogP contribution in [0, 0.1) is 5.92 Å². The van der Waals surface area contributed by atoms with Crippen LogP contribution in [-0.4, -0.2) is 43.0 Å². The molecule has 1 heterocycles. The highest BCUT2D eigenvalue weighted by atomic mass is 35.5. The maximum atomic E-state index is 12.8. The topological polar surface area (TPSA) is 58.6 Å². The minimum Gasteiger partial charge on any atom is -0.494 e. The molecular formula is C17H22Cl2N2O3. The summed E-state index contributed by atoms with van der Waals surface area (Å²) in [7, 11) is 1.46. The number of halogens is 2. The second-order valence-electron chi connectivity index (χ2n) is 6.17. The Morgan fingerprint density at radius 2 is 1.79 bits per heavy atom. The summed E-state index contributed by atoms with van der Waals surface area (Å²) in [6.45, 7) is 4.82. The van der Waals surface area contributed by atoms with E-state index >= 15 is 0 Å². The molecule has 2 rings (SSSR count). The van der Waals surface area contributed by atoms with Crippen molar-refractivity contribution in [1.29, 1.82) is 0 Å². The molecule has 1 fully saturated rings. The van der Waals surface area contributed by atoms with Gasteiger partial charge < -0.3 is 15.0 Å². The lowest BCUT2D eigenvalue weighted by Crippen LogP contribution is -2.47. The molecular weight excluding hydrogens is 351 g/mol. The van der Waals surface area contributed by atoms with Crippen LogP contribution in [0.4, 0.5) is 0 Å². The Morgan fingerprint density at radius 3 is 2.33 bits per heavy atom. The van der Waals surface area contributed by atoms with Crippen molar-refractivity contribution in [2.45, 2.75) is 32.7 Å². The number of hydrogen-bond donors (Lipinski definition) is 1. The number of piperidine rings is 1. The number of nitrogens with one attached hydrogen (secondary N) is 1. The van der Waals surface area contributed by atoms with Crippen LogP contribution >= 0.6 is 23.2 Å². The van der Waals surface area contributed by atoms with Crippen molar-refractivity contribution in [3.63, 3.8) is 0 Å². The van der Waals surface area contributed by atoms with Gasteiger partial charge in [0.2, 0.25) is 5.91 Å². The molecule has 5 nitrogen and oxygen atoms in total.